The largest absolute Gasteiger partial charge is 0.344 e. The zero-order chi connectivity index (χ0) is 26.2. The summed E-state index contributed by atoms with van der Waals surface area (Å²) in [6.07, 6.45) is 4.00. The van der Waals surface area contributed by atoms with Crippen molar-refractivity contribution < 1.29 is 9.59 Å². The highest BCUT2D eigenvalue weighted by molar-refractivity contribution is 6.30. The summed E-state index contributed by atoms with van der Waals surface area (Å²) in [6, 6.07) is 8.39. The van der Waals surface area contributed by atoms with Crippen LogP contribution in [0.15, 0.2) is 24.3 Å². The molecule has 3 rings (SSSR count). The van der Waals surface area contributed by atoms with E-state index in [9.17, 15) is 9.59 Å². The van der Waals surface area contributed by atoms with E-state index in [1.54, 1.807) is 0 Å². The number of hydrogen-bond acceptors (Lipinski definition) is 5. The quantitative estimate of drug-likeness (QED) is 0.469. The maximum absolute atomic E-state index is 13.7. The lowest BCUT2D eigenvalue weighted by Crippen LogP contribution is -2.53. The van der Waals surface area contributed by atoms with Gasteiger partial charge in [-0.25, -0.2) is 0 Å². The van der Waals surface area contributed by atoms with Crippen molar-refractivity contribution in [2.75, 3.05) is 39.3 Å². The van der Waals surface area contributed by atoms with Crippen molar-refractivity contribution in [1.82, 2.24) is 20.0 Å². The highest BCUT2D eigenvalue weighted by Crippen LogP contribution is 2.26. The minimum atomic E-state index is -0.600. The molecule has 2 saturated heterocycles. The molecular formula is C28H46ClN5O2. The number of nitrogens with one attached hydrogen (secondary N) is 1. The minimum absolute atomic E-state index is 0.00283. The standard InChI is InChI=1S/C28H46ClN5O2/c1-20(2)18-34(24-10-14-32(15-11-24)21(3)4)25-12-16-33(19-25)28(36)26(31-27(35)9-13-30)17-22-5-7-23(29)8-6-22/h5-8,20-21,24-26H,9-19,30H2,1-4H3,(H,31,35). The van der Waals surface area contributed by atoms with Gasteiger partial charge in [0.1, 0.15) is 6.04 Å². The van der Waals surface area contributed by atoms with Gasteiger partial charge in [0, 0.05) is 62.2 Å². The Hall–Kier alpha value is -1.67. The van der Waals surface area contributed by atoms with E-state index in [4.69, 9.17) is 17.3 Å². The average Bonchev–Trinajstić information content (AvgIpc) is 3.33. The fourth-order valence-corrected chi connectivity index (χ4v) is 5.76. The first-order valence-corrected chi connectivity index (χ1v) is 14.1. The van der Waals surface area contributed by atoms with Crippen LogP contribution in [-0.4, -0.2) is 89.9 Å². The van der Waals surface area contributed by atoms with E-state index >= 15 is 0 Å². The molecule has 2 atom stereocenters. The molecule has 0 bridgehead atoms. The predicted molar refractivity (Wildman–Crippen MR) is 147 cm³/mol. The third kappa shape index (κ3) is 8.17. The van der Waals surface area contributed by atoms with Crippen molar-refractivity contribution in [2.24, 2.45) is 11.7 Å². The van der Waals surface area contributed by atoms with Crippen molar-refractivity contribution in [2.45, 2.75) is 84.0 Å². The topological polar surface area (TPSA) is 81.9 Å². The van der Waals surface area contributed by atoms with E-state index in [1.165, 1.54) is 12.8 Å². The number of hydrogen-bond donors (Lipinski definition) is 2. The molecule has 2 unspecified atom stereocenters. The van der Waals surface area contributed by atoms with E-state index in [1.807, 2.05) is 29.2 Å². The molecule has 0 saturated carbocycles. The van der Waals surface area contributed by atoms with Crippen LogP contribution in [0.25, 0.3) is 0 Å². The third-order valence-corrected chi connectivity index (χ3v) is 7.83. The fourth-order valence-electron chi connectivity index (χ4n) is 5.64. The van der Waals surface area contributed by atoms with E-state index in [2.05, 4.69) is 42.8 Å². The second-order valence-electron chi connectivity index (χ2n) is 11.2. The normalized spacial score (nSPS) is 20.5. The van der Waals surface area contributed by atoms with Gasteiger partial charge in [0.05, 0.1) is 0 Å². The van der Waals surface area contributed by atoms with Crippen LogP contribution in [0.4, 0.5) is 0 Å². The summed E-state index contributed by atoms with van der Waals surface area (Å²) in [5.74, 6) is 0.391. The molecule has 202 valence electrons. The van der Waals surface area contributed by atoms with Crippen LogP contribution in [0, 0.1) is 5.92 Å². The summed E-state index contributed by atoms with van der Waals surface area (Å²) >= 11 is 6.04. The molecule has 2 aliphatic rings. The van der Waals surface area contributed by atoms with E-state index in [0.29, 0.717) is 35.5 Å². The summed E-state index contributed by atoms with van der Waals surface area (Å²) in [6.45, 7) is 14.2. The molecule has 8 heteroatoms. The Morgan fingerprint density at radius 2 is 1.69 bits per heavy atom. The zero-order valence-corrected chi connectivity index (χ0v) is 23.3. The van der Waals surface area contributed by atoms with Gasteiger partial charge in [0.25, 0.3) is 0 Å². The van der Waals surface area contributed by atoms with Crippen LogP contribution in [-0.2, 0) is 16.0 Å². The van der Waals surface area contributed by atoms with Crippen molar-refractivity contribution in [3.8, 4) is 0 Å². The number of likely N-dealkylation sites (tertiary alicyclic amines) is 2. The number of carbonyl (C=O) groups is 2. The number of benzene rings is 1. The van der Waals surface area contributed by atoms with Crippen LogP contribution in [0.1, 0.15) is 58.9 Å². The molecule has 0 spiro atoms. The maximum atomic E-state index is 13.7. The number of nitrogens with zero attached hydrogens (tertiary/aromatic N) is 3. The lowest BCUT2D eigenvalue weighted by atomic mass is 9.98. The summed E-state index contributed by atoms with van der Waals surface area (Å²) in [5.41, 5.74) is 6.55. The summed E-state index contributed by atoms with van der Waals surface area (Å²) in [5, 5.41) is 3.60. The molecule has 2 heterocycles. The molecule has 2 amide bonds. The van der Waals surface area contributed by atoms with Gasteiger partial charge in [-0.15, -0.1) is 0 Å². The molecule has 0 aliphatic carbocycles. The molecule has 1 aromatic carbocycles. The molecule has 7 nitrogen and oxygen atoms in total. The van der Waals surface area contributed by atoms with Crippen molar-refractivity contribution in [3.05, 3.63) is 34.9 Å². The number of carbonyl (C=O) groups excluding carboxylic acids is 2. The average molecular weight is 520 g/mol. The first-order chi connectivity index (χ1) is 17.2. The van der Waals surface area contributed by atoms with Crippen molar-refractivity contribution in [3.63, 3.8) is 0 Å². The molecule has 0 aromatic heterocycles. The Bertz CT molecular complexity index is 839. The first kappa shape index (κ1) is 28.9. The number of amides is 2. The van der Waals surface area contributed by atoms with E-state index in [-0.39, 0.29) is 24.8 Å². The maximum Gasteiger partial charge on any atom is 0.245 e. The Morgan fingerprint density at radius 1 is 1.06 bits per heavy atom. The second-order valence-corrected chi connectivity index (χ2v) is 11.6. The molecule has 0 radical (unpaired) electrons. The lowest BCUT2D eigenvalue weighted by Gasteiger charge is -2.43. The lowest BCUT2D eigenvalue weighted by molar-refractivity contribution is -0.135. The smallest absolute Gasteiger partial charge is 0.245 e. The second kappa shape index (κ2) is 13.8. The molecule has 36 heavy (non-hydrogen) atoms. The number of nitrogens with two attached hydrogens (primary N) is 1. The molecule has 2 aliphatic heterocycles. The Kier molecular flexibility index (Phi) is 11.0. The molecular weight excluding hydrogens is 474 g/mol. The molecule has 3 N–H and O–H groups in total. The molecule has 1 aromatic rings. The monoisotopic (exact) mass is 519 g/mol. The highest BCUT2D eigenvalue weighted by atomic mass is 35.5. The van der Waals surface area contributed by atoms with Crippen molar-refractivity contribution >= 4 is 23.4 Å². The van der Waals surface area contributed by atoms with Crippen LogP contribution in [0.2, 0.25) is 5.02 Å². The van der Waals surface area contributed by atoms with Gasteiger partial charge in [-0.1, -0.05) is 37.6 Å². The summed E-state index contributed by atoms with van der Waals surface area (Å²) in [7, 11) is 0. The summed E-state index contributed by atoms with van der Waals surface area (Å²) in [4.78, 5) is 33.3. The van der Waals surface area contributed by atoms with Gasteiger partial charge in [0.2, 0.25) is 11.8 Å². The van der Waals surface area contributed by atoms with Gasteiger partial charge in [0.15, 0.2) is 0 Å². The summed E-state index contributed by atoms with van der Waals surface area (Å²) < 4.78 is 0. The first-order valence-electron chi connectivity index (χ1n) is 13.7. The van der Waals surface area contributed by atoms with Crippen LogP contribution in [0.5, 0.6) is 0 Å². The highest BCUT2D eigenvalue weighted by Gasteiger charge is 2.37. The van der Waals surface area contributed by atoms with Crippen LogP contribution in [0.3, 0.4) is 0 Å². The van der Waals surface area contributed by atoms with E-state index < -0.39 is 6.04 Å². The number of halogens is 1. The van der Waals surface area contributed by atoms with Gasteiger partial charge >= 0.3 is 0 Å². The fraction of sp³-hybridized carbons (Fsp3) is 0.714. The van der Waals surface area contributed by atoms with Crippen molar-refractivity contribution in [1.29, 1.82) is 0 Å². The zero-order valence-electron chi connectivity index (χ0n) is 22.6. The number of rotatable bonds is 11. The predicted octanol–water partition coefficient (Wildman–Crippen LogP) is 3.15. The van der Waals surface area contributed by atoms with Gasteiger partial charge in [-0.05, 0) is 69.8 Å². The Balaban J connectivity index is 1.68. The van der Waals surface area contributed by atoms with Gasteiger partial charge in [-0.2, -0.15) is 0 Å². The third-order valence-electron chi connectivity index (χ3n) is 7.58. The van der Waals surface area contributed by atoms with Gasteiger partial charge < -0.3 is 20.9 Å². The molecule has 2 fully saturated rings. The number of piperidine rings is 1. The SMILES string of the molecule is CC(C)CN(C1CCN(C(C)C)CC1)C1CCN(C(=O)C(Cc2ccc(Cl)cc2)NC(=O)CCN)C1. The van der Waals surface area contributed by atoms with Crippen LogP contribution < -0.4 is 11.1 Å². The van der Waals surface area contributed by atoms with E-state index in [0.717, 1.165) is 44.7 Å². The Morgan fingerprint density at radius 3 is 2.28 bits per heavy atom. The Labute approximate surface area is 222 Å². The van der Waals surface area contributed by atoms with Crippen LogP contribution >= 0.6 is 11.6 Å². The minimum Gasteiger partial charge on any atom is -0.344 e. The van der Waals surface area contributed by atoms with Gasteiger partial charge in [-0.3, -0.25) is 14.5 Å².